The molecule has 32 heavy (non-hydrogen) atoms. The fourth-order valence-electron chi connectivity index (χ4n) is 6.35. The number of carbonyl (C=O) groups excluding carboxylic acids is 1. The van der Waals surface area contributed by atoms with Crippen LogP contribution in [0.1, 0.15) is 88.5 Å². The number of Topliss-reactive ketones (excluding diaryl/α,β-unsaturated/α-hetero) is 1. The molecule has 0 atom stereocenters. The maximum absolute atomic E-state index is 12.3. The van der Waals surface area contributed by atoms with Crippen LogP contribution in [0.4, 0.5) is 0 Å². The quantitative estimate of drug-likeness (QED) is 0.611. The third-order valence-corrected chi connectivity index (χ3v) is 8.60. The Labute approximate surface area is 192 Å². The average molecular weight is 442 g/mol. The third-order valence-electron chi connectivity index (χ3n) is 8.60. The maximum atomic E-state index is 12.3. The minimum atomic E-state index is -0.650. The number of aliphatic hydroxyl groups is 1. The van der Waals surface area contributed by atoms with Gasteiger partial charge in [-0.25, -0.2) is 0 Å². The van der Waals surface area contributed by atoms with Gasteiger partial charge in [0.25, 0.3) is 0 Å². The molecule has 1 aromatic rings. The summed E-state index contributed by atoms with van der Waals surface area (Å²) in [5, 5.41) is 10.2. The number of benzene rings is 1. The number of ketones is 1. The van der Waals surface area contributed by atoms with Crippen molar-refractivity contribution in [3.05, 3.63) is 23.8 Å². The molecule has 0 radical (unpaired) electrons. The van der Waals surface area contributed by atoms with Crippen molar-refractivity contribution in [2.24, 2.45) is 11.8 Å². The van der Waals surface area contributed by atoms with Gasteiger partial charge in [-0.2, -0.15) is 0 Å². The molecular weight excluding hydrogens is 402 g/mol. The highest BCUT2D eigenvalue weighted by molar-refractivity contribution is 5.79. The largest absolute Gasteiger partial charge is 0.454 e. The number of hydrogen-bond donors (Lipinski definition) is 1. The fourth-order valence-corrected chi connectivity index (χ4v) is 6.35. The molecule has 3 fully saturated rings. The van der Waals surface area contributed by atoms with Gasteiger partial charge in [0, 0.05) is 18.4 Å². The van der Waals surface area contributed by atoms with Crippen molar-refractivity contribution in [3.8, 4) is 11.5 Å². The number of likely N-dealkylation sites (tertiary alicyclic amines) is 1. The van der Waals surface area contributed by atoms with Crippen molar-refractivity contribution in [2.45, 2.75) is 88.6 Å². The second-order valence-corrected chi connectivity index (χ2v) is 10.9. The van der Waals surface area contributed by atoms with E-state index in [1.165, 1.54) is 70.1 Å². The van der Waals surface area contributed by atoms with Crippen molar-refractivity contribution in [3.63, 3.8) is 0 Å². The molecular formula is C27H39NO4. The Morgan fingerprint density at radius 1 is 1.03 bits per heavy atom. The maximum Gasteiger partial charge on any atom is 0.231 e. The van der Waals surface area contributed by atoms with Crippen LogP contribution in [0.2, 0.25) is 0 Å². The molecule has 5 rings (SSSR count). The minimum Gasteiger partial charge on any atom is -0.454 e. The lowest BCUT2D eigenvalue weighted by atomic mass is 9.74. The number of para-hydroxylation sites is 1. The molecule has 0 amide bonds. The molecule has 4 aliphatic rings. The van der Waals surface area contributed by atoms with Gasteiger partial charge in [0.1, 0.15) is 5.78 Å². The zero-order valence-corrected chi connectivity index (χ0v) is 19.4. The summed E-state index contributed by atoms with van der Waals surface area (Å²) in [6.45, 7) is 3.90. The number of rotatable bonds is 8. The molecule has 2 heterocycles. The standard InChI is InChI=1S/C27H39NO4/c29-23(18-27(30)12-2-13-27)17-21-7-5-20(6-8-21)9-14-28-15-10-22(11-16-28)24-3-1-4-25-26(24)32-19-31-25/h1,3-4,20-22,30H,2,5-19H2. The second kappa shape index (κ2) is 9.72. The first-order valence-electron chi connectivity index (χ1n) is 12.9. The zero-order chi connectivity index (χ0) is 22.0. The van der Waals surface area contributed by atoms with Crippen LogP contribution in [0.3, 0.4) is 0 Å². The molecule has 0 aromatic heterocycles. The van der Waals surface area contributed by atoms with Crippen LogP contribution in [-0.4, -0.2) is 47.8 Å². The number of fused-ring (bicyclic) bond motifs is 1. The van der Waals surface area contributed by atoms with E-state index in [4.69, 9.17) is 9.47 Å². The summed E-state index contributed by atoms with van der Waals surface area (Å²) in [6, 6.07) is 6.31. The van der Waals surface area contributed by atoms with E-state index in [0.29, 0.717) is 37.3 Å². The summed E-state index contributed by atoms with van der Waals surface area (Å²) < 4.78 is 11.3. The van der Waals surface area contributed by atoms with Crippen LogP contribution in [0.25, 0.3) is 0 Å². The molecule has 5 nitrogen and oxygen atoms in total. The predicted octanol–water partition coefficient (Wildman–Crippen LogP) is 5.06. The van der Waals surface area contributed by atoms with Crippen LogP contribution in [0.5, 0.6) is 11.5 Å². The van der Waals surface area contributed by atoms with Crippen LogP contribution >= 0.6 is 0 Å². The second-order valence-electron chi connectivity index (χ2n) is 10.9. The third kappa shape index (κ3) is 5.14. The van der Waals surface area contributed by atoms with E-state index in [1.807, 2.05) is 6.07 Å². The van der Waals surface area contributed by atoms with Gasteiger partial charge in [-0.15, -0.1) is 0 Å². The molecule has 2 aliphatic carbocycles. The highest BCUT2D eigenvalue weighted by atomic mass is 16.7. The zero-order valence-electron chi connectivity index (χ0n) is 19.4. The SMILES string of the molecule is O=C(CC1CCC(CCN2CCC(c3cccc4c3OCO4)CC2)CC1)CC1(O)CCC1. The molecule has 2 saturated carbocycles. The number of ether oxygens (including phenoxy) is 2. The van der Waals surface area contributed by atoms with Crippen LogP contribution in [-0.2, 0) is 4.79 Å². The first kappa shape index (κ1) is 22.2. The normalized spacial score (nSPS) is 27.8. The lowest BCUT2D eigenvalue weighted by Gasteiger charge is -2.37. The number of hydrogen-bond acceptors (Lipinski definition) is 5. The van der Waals surface area contributed by atoms with Gasteiger partial charge in [0.05, 0.1) is 5.60 Å². The molecule has 176 valence electrons. The Morgan fingerprint density at radius 2 is 1.78 bits per heavy atom. The van der Waals surface area contributed by atoms with E-state index in [-0.39, 0.29) is 0 Å². The Kier molecular flexibility index (Phi) is 6.75. The van der Waals surface area contributed by atoms with Gasteiger partial charge in [0.15, 0.2) is 11.5 Å². The molecule has 1 aromatic carbocycles. The number of nitrogens with zero attached hydrogens (tertiary/aromatic N) is 1. The van der Waals surface area contributed by atoms with Gasteiger partial charge in [-0.05, 0) is 94.8 Å². The number of piperidine rings is 1. The van der Waals surface area contributed by atoms with Gasteiger partial charge in [-0.1, -0.05) is 25.0 Å². The molecule has 1 N–H and O–H groups in total. The van der Waals surface area contributed by atoms with Gasteiger partial charge in [0.2, 0.25) is 6.79 Å². The molecule has 2 aliphatic heterocycles. The van der Waals surface area contributed by atoms with E-state index < -0.39 is 5.60 Å². The van der Waals surface area contributed by atoms with E-state index in [0.717, 1.165) is 36.7 Å². The van der Waals surface area contributed by atoms with Crippen molar-refractivity contribution >= 4 is 5.78 Å². The van der Waals surface area contributed by atoms with Crippen LogP contribution in [0.15, 0.2) is 18.2 Å². The van der Waals surface area contributed by atoms with Gasteiger partial charge < -0.3 is 19.5 Å². The summed E-state index contributed by atoms with van der Waals surface area (Å²) >= 11 is 0. The van der Waals surface area contributed by atoms with Crippen LogP contribution < -0.4 is 9.47 Å². The van der Waals surface area contributed by atoms with Crippen molar-refractivity contribution in [1.29, 1.82) is 0 Å². The van der Waals surface area contributed by atoms with Crippen LogP contribution in [0, 0.1) is 11.8 Å². The molecule has 0 unspecified atom stereocenters. The van der Waals surface area contributed by atoms with E-state index in [1.54, 1.807) is 0 Å². The number of carbonyl (C=O) groups is 1. The Morgan fingerprint density at radius 3 is 2.50 bits per heavy atom. The predicted molar refractivity (Wildman–Crippen MR) is 124 cm³/mol. The summed E-state index contributed by atoms with van der Waals surface area (Å²) in [6.07, 6.45) is 12.4. The summed E-state index contributed by atoms with van der Waals surface area (Å²) in [7, 11) is 0. The fraction of sp³-hybridized carbons (Fsp3) is 0.741. The van der Waals surface area contributed by atoms with E-state index >= 15 is 0 Å². The summed E-state index contributed by atoms with van der Waals surface area (Å²) in [5.74, 6) is 4.12. The minimum absolute atomic E-state index is 0.291. The first-order chi connectivity index (χ1) is 15.6. The monoisotopic (exact) mass is 441 g/mol. The van der Waals surface area contributed by atoms with Crippen molar-refractivity contribution < 1.29 is 19.4 Å². The molecule has 5 heteroatoms. The summed E-state index contributed by atoms with van der Waals surface area (Å²) in [4.78, 5) is 15.0. The van der Waals surface area contributed by atoms with E-state index in [2.05, 4.69) is 17.0 Å². The average Bonchev–Trinajstić information content (AvgIpc) is 3.27. The Balaban J connectivity index is 0.995. The highest BCUT2D eigenvalue weighted by Crippen LogP contribution is 2.42. The lowest BCUT2D eigenvalue weighted by Crippen LogP contribution is -2.39. The Bertz CT molecular complexity index is 789. The first-order valence-corrected chi connectivity index (χ1v) is 12.9. The van der Waals surface area contributed by atoms with Crippen molar-refractivity contribution in [2.75, 3.05) is 26.4 Å². The topological polar surface area (TPSA) is 59.0 Å². The lowest BCUT2D eigenvalue weighted by molar-refractivity contribution is -0.129. The smallest absolute Gasteiger partial charge is 0.231 e. The van der Waals surface area contributed by atoms with Gasteiger partial charge in [-0.3, -0.25) is 4.79 Å². The van der Waals surface area contributed by atoms with Crippen molar-refractivity contribution in [1.82, 2.24) is 4.90 Å². The van der Waals surface area contributed by atoms with E-state index in [9.17, 15) is 9.90 Å². The molecule has 1 saturated heterocycles. The Hall–Kier alpha value is -1.59. The molecule has 0 spiro atoms. The highest BCUT2D eigenvalue weighted by Gasteiger charge is 2.37. The summed E-state index contributed by atoms with van der Waals surface area (Å²) in [5.41, 5.74) is 0.681. The van der Waals surface area contributed by atoms with Gasteiger partial charge >= 0.3 is 0 Å². The molecule has 0 bridgehead atoms.